The Morgan fingerprint density at radius 2 is 1.82 bits per heavy atom. The molecule has 0 radical (unpaired) electrons. The molecule has 3 nitrogen and oxygen atoms in total. The topological polar surface area (TPSA) is 52.9 Å². The van der Waals surface area contributed by atoms with Gasteiger partial charge < -0.3 is 5.32 Å². The highest BCUT2D eigenvalue weighted by atomic mass is 16.2. The van der Waals surface area contributed by atoms with Crippen LogP contribution in [0.2, 0.25) is 0 Å². The Balaban J connectivity index is 3.04. The molecular weight excluding hydrogens is 272 g/mol. The average Bonchev–Trinajstić information content (AvgIpc) is 2.45. The molecule has 1 aromatic rings. The summed E-state index contributed by atoms with van der Waals surface area (Å²) in [5, 5.41) is 12.5. The minimum atomic E-state index is -0.655. The Hall–Kier alpha value is -1.82. The standard InChI is InChI=1S/C19H28N2O/c1-6-7-13-19(5,15-11-9-8-10-12-15)21-17(22)16(14-20)18(2,3)4/h8-12,16H,6-7,13H2,1-5H3,(H,21,22). The fourth-order valence-electron chi connectivity index (χ4n) is 2.60. The summed E-state index contributed by atoms with van der Waals surface area (Å²) in [5.74, 6) is -0.838. The van der Waals surface area contributed by atoms with E-state index >= 15 is 0 Å². The maximum Gasteiger partial charge on any atom is 0.238 e. The molecule has 0 heterocycles. The number of amides is 1. The van der Waals surface area contributed by atoms with Crippen molar-refractivity contribution in [3.63, 3.8) is 0 Å². The fourth-order valence-corrected chi connectivity index (χ4v) is 2.60. The van der Waals surface area contributed by atoms with Gasteiger partial charge in [0.05, 0.1) is 11.6 Å². The quantitative estimate of drug-likeness (QED) is 0.847. The summed E-state index contributed by atoms with van der Waals surface area (Å²) in [5.41, 5.74) is 0.276. The molecule has 2 atom stereocenters. The Labute approximate surface area is 134 Å². The molecule has 1 N–H and O–H groups in total. The predicted molar refractivity (Wildman–Crippen MR) is 90.0 cm³/mol. The van der Waals surface area contributed by atoms with Crippen molar-refractivity contribution in [2.45, 2.75) is 59.4 Å². The summed E-state index contributed by atoms with van der Waals surface area (Å²) in [6.45, 7) is 9.96. The molecule has 22 heavy (non-hydrogen) atoms. The van der Waals surface area contributed by atoms with Crippen LogP contribution >= 0.6 is 0 Å². The molecule has 0 aliphatic heterocycles. The fraction of sp³-hybridized carbons (Fsp3) is 0.579. The largest absolute Gasteiger partial charge is 0.346 e. The van der Waals surface area contributed by atoms with Crippen molar-refractivity contribution in [2.75, 3.05) is 0 Å². The lowest BCUT2D eigenvalue weighted by molar-refractivity contribution is -0.128. The molecule has 3 heteroatoms. The van der Waals surface area contributed by atoms with Crippen LogP contribution in [0.4, 0.5) is 0 Å². The van der Waals surface area contributed by atoms with E-state index < -0.39 is 11.5 Å². The number of rotatable bonds is 6. The first kappa shape index (κ1) is 18.2. The van der Waals surface area contributed by atoms with Crippen LogP contribution in [0.3, 0.4) is 0 Å². The molecule has 1 rings (SSSR count). The zero-order chi connectivity index (χ0) is 16.8. The van der Waals surface area contributed by atoms with E-state index in [0.29, 0.717) is 0 Å². The Morgan fingerprint density at radius 3 is 2.27 bits per heavy atom. The number of carbonyl (C=O) groups excluding carboxylic acids is 1. The molecule has 0 bridgehead atoms. The van der Waals surface area contributed by atoms with E-state index in [2.05, 4.69) is 18.3 Å². The lowest BCUT2D eigenvalue weighted by atomic mass is 9.79. The van der Waals surface area contributed by atoms with E-state index in [4.69, 9.17) is 0 Å². The zero-order valence-electron chi connectivity index (χ0n) is 14.4. The maximum absolute atomic E-state index is 12.6. The van der Waals surface area contributed by atoms with Crippen molar-refractivity contribution in [3.8, 4) is 6.07 Å². The first-order valence-electron chi connectivity index (χ1n) is 8.02. The second-order valence-electron chi connectivity index (χ2n) is 7.22. The first-order valence-corrected chi connectivity index (χ1v) is 8.02. The third kappa shape index (κ3) is 4.59. The van der Waals surface area contributed by atoms with E-state index in [-0.39, 0.29) is 11.3 Å². The van der Waals surface area contributed by atoms with Crippen LogP contribution < -0.4 is 5.32 Å². The molecule has 0 fully saturated rings. The third-order valence-electron chi connectivity index (χ3n) is 4.10. The van der Waals surface area contributed by atoms with Crippen LogP contribution in [0.25, 0.3) is 0 Å². The van der Waals surface area contributed by atoms with E-state index in [0.717, 1.165) is 24.8 Å². The number of carbonyl (C=O) groups is 1. The summed E-state index contributed by atoms with van der Waals surface area (Å²) in [6, 6.07) is 12.2. The van der Waals surface area contributed by atoms with Crippen molar-refractivity contribution in [2.24, 2.45) is 11.3 Å². The van der Waals surface area contributed by atoms with Crippen molar-refractivity contribution < 1.29 is 4.79 Å². The van der Waals surface area contributed by atoms with Crippen molar-refractivity contribution in [3.05, 3.63) is 35.9 Å². The maximum atomic E-state index is 12.6. The zero-order valence-corrected chi connectivity index (χ0v) is 14.4. The molecule has 0 aliphatic carbocycles. The lowest BCUT2D eigenvalue weighted by Gasteiger charge is -2.34. The molecule has 0 saturated carbocycles. The summed E-state index contributed by atoms with van der Waals surface area (Å²) >= 11 is 0. The van der Waals surface area contributed by atoms with E-state index in [1.165, 1.54) is 0 Å². The number of nitrogens with one attached hydrogen (secondary N) is 1. The Morgan fingerprint density at radius 1 is 1.23 bits per heavy atom. The molecule has 120 valence electrons. The van der Waals surface area contributed by atoms with Gasteiger partial charge in [0.2, 0.25) is 5.91 Å². The van der Waals surface area contributed by atoms with Gasteiger partial charge >= 0.3 is 0 Å². The Bertz CT molecular complexity index is 525. The number of benzene rings is 1. The van der Waals surface area contributed by atoms with Gasteiger partial charge in [0.15, 0.2) is 0 Å². The highest BCUT2D eigenvalue weighted by molar-refractivity contribution is 5.82. The minimum absolute atomic E-state index is 0.183. The smallest absolute Gasteiger partial charge is 0.238 e. The molecule has 0 spiro atoms. The van der Waals surface area contributed by atoms with Crippen LogP contribution in [-0.2, 0) is 10.3 Å². The summed E-state index contributed by atoms with van der Waals surface area (Å²) in [7, 11) is 0. The van der Waals surface area contributed by atoms with Crippen molar-refractivity contribution in [1.82, 2.24) is 5.32 Å². The number of hydrogen-bond acceptors (Lipinski definition) is 2. The van der Waals surface area contributed by atoms with Gasteiger partial charge in [0.1, 0.15) is 5.92 Å². The van der Waals surface area contributed by atoms with E-state index in [9.17, 15) is 10.1 Å². The second kappa shape index (κ2) is 7.45. The number of nitrogens with zero attached hydrogens (tertiary/aromatic N) is 1. The number of nitriles is 1. The average molecular weight is 300 g/mol. The normalized spacial score (nSPS) is 15.5. The SMILES string of the molecule is CCCCC(C)(NC(=O)C(C#N)C(C)(C)C)c1ccccc1. The van der Waals surface area contributed by atoms with Crippen LogP contribution in [0.1, 0.15) is 59.4 Å². The van der Waals surface area contributed by atoms with Gasteiger partial charge in [-0.05, 0) is 24.3 Å². The Kier molecular flexibility index (Phi) is 6.17. The van der Waals surface area contributed by atoms with Crippen LogP contribution in [-0.4, -0.2) is 5.91 Å². The van der Waals surface area contributed by atoms with Gasteiger partial charge in [0.25, 0.3) is 0 Å². The highest BCUT2D eigenvalue weighted by Gasteiger charge is 2.36. The van der Waals surface area contributed by atoms with Gasteiger partial charge in [-0.15, -0.1) is 0 Å². The van der Waals surface area contributed by atoms with Crippen LogP contribution in [0.15, 0.2) is 30.3 Å². The molecule has 1 aromatic carbocycles. The molecular formula is C19H28N2O. The van der Waals surface area contributed by atoms with Crippen LogP contribution in [0.5, 0.6) is 0 Å². The van der Waals surface area contributed by atoms with Crippen molar-refractivity contribution >= 4 is 5.91 Å². The second-order valence-corrected chi connectivity index (χ2v) is 7.22. The van der Waals surface area contributed by atoms with Gasteiger partial charge in [-0.2, -0.15) is 5.26 Å². The van der Waals surface area contributed by atoms with Crippen LogP contribution in [0, 0.1) is 22.7 Å². The van der Waals surface area contributed by atoms with Gasteiger partial charge in [-0.25, -0.2) is 0 Å². The molecule has 0 saturated heterocycles. The van der Waals surface area contributed by atoms with E-state index in [1.807, 2.05) is 58.0 Å². The summed E-state index contributed by atoms with van der Waals surface area (Å²) < 4.78 is 0. The number of hydrogen-bond donors (Lipinski definition) is 1. The molecule has 1 amide bonds. The lowest BCUT2D eigenvalue weighted by Crippen LogP contribution is -2.48. The minimum Gasteiger partial charge on any atom is -0.346 e. The highest BCUT2D eigenvalue weighted by Crippen LogP contribution is 2.30. The monoisotopic (exact) mass is 300 g/mol. The van der Waals surface area contributed by atoms with Gasteiger partial charge in [-0.3, -0.25) is 4.79 Å². The number of unbranched alkanes of at least 4 members (excludes halogenated alkanes) is 1. The third-order valence-corrected chi connectivity index (χ3v) is 4.10. The summed E-state index contributed by atoms with van der Waals surface area (Å²) in [6.07, 6.45) is 2.96. The molecule has 0 aliphatic rings. The van der Waals surface area contributed by atoms with E-state index in [1.54, 1.807) is 0 Å². The van der Waals surface area contributed by atoms with Gasteiger partial charge in [-0.1, -0.05) is 70.9 Å². The first-order chi connectivity index (χ1) is 10.2. The van der Waals surface area contributed by atoms with Gasteiger partial charge in [0, 0.05) is 0 Å². The molecule has 0 aromatic heterocycles. The predicted octanol–water partition coefficient (Wildman–Crippen LogP) is 4.39. The molecule has 2 unspecified atom stereocenters. The van der Waals surface area contributed by atoms with Crippen molar-refractivity contribution in [1.29, 1.82) is 5.26 Å². The summed E-state index contributed by atoms with van der Waals surface area (Å²) in [4.78, 5) is 12.6.